The van der Waals surface area contributed by atoms with Gasteiger partial charge in [-0.25, -0.2) is 0 Å². The Bertz CT molecular complexity index is 1090. The van der Waals surface area contributed by atoms with Gasteiger partial charge in [0.05, 0.1) is 49.0 Å². The maximum Gasteiger partial charge on any atom is 0.225 e. The lowest BCUT2D eigenvalue weighted by Gasteiger charge is -2.48. The van der Waals surface area contributed by atoms with E-state index in [4.69, 9.17) is 9.47 Å². The highest BCUT2D eigenvalue weighted by Gasteiger charge is 2.44. The maximum atomic E-state index is 12.8. The standard InChI is InChI=1S/C40H70N2O8/c1-8-13-33(44)15-10-9-14-28(3)35(45)25-38(47)42-26-36(46)31(6)39(48)41-23-12-17-37-29(4)20-22-40(50-37)21-11-16-34(49-40)19-18-27(2)24-30(5)32(7)43/h8-10,13,24,27-29,31-37,43-46H,11-12,14-23,25-26H2,1-7H3,(H,41,48)(H,42,47)/b10-9+,13-8+,30-24+/t27-,28-,29?,31-,32-,33-,34?,35-,36-,37?,40?/m0/s1. The lowest BCUT2D eigenvalue weighted by Crippen LogP contribution is -2.50. The summed E-state index contributed by atoms with van der Waals surface area (Å²) in [5.41, 5.74) is 1.01. The van der Waals surface area contributed by atoms with Crippen molar-refractivity contribution in [3.05, 3.63) is 36.0 Å². The molecule has 288 valence electrons. The first-order chi connectivity index (χ1) is 23.7. The van der Waals surface area contributed by atoms with Crippen molar-refractivity contribution < 1.29 is 39.5 Å². The van der Waals surface area contributed by atoms with Gasteiger partial charge in [0.1, 0.15) is 0 Å². The van der Waals surface area contributed by atoms with Crippen LogP contribution in [0.5, 0.6) is 0 Å². The van der Waals surface area contributed by atoms with E-state index in [0.29, 0.717) is 31.2 Å². The van der Waals surface area contributed by atoms with Crippen molar-refractivity contribution in [2.75, 3.05) is 13.1 Å². The van der Waals surface area contributed by atoms with Gasteiger partial charge in [0.15, 0.2) is 5.79 Å². The molecule has 10 heteroatoms. The van der Waals surface area contributed by atoms with Gasteiger partial charge in [-0.05, 0) is 102 Å². The number of aliphatic hydroxyl groups is 4. The summed E-state index contributed by atoms with van der Waals surface area (Å²) >= 11 is 0. The SMILES string of the molecule is C/C=C/[C@H](O)C/C=C/C[C@H](C)[C@@H](O)CC(=O)NC[C@H](O)[C@H](C)C(=O)NCCCC1OC2(CCCC(CC[C@H](C)/C=C(\C)[C@H](C)O)O2)CCC1C. The molecule has 2 saturated heterocycles. The first-order valence-corrected chi connectivity index (χ1v) is 19.2. The van der Waals surface area contributed by atoms with Crippen LogP contribution in [-0.2, 0) is 19.1 Å². The molecular formula is C40H70N2O8. The maximum absolute atomic E-state index is 12.8. The fourth-order valence-electron chi connectivity index (χ4n) is 6.76. The number of rotatable bonds is 21. The normalized spacial score (nSPS) is 27.5. The van der Waals surface area contributed by atoms with Crippen LogP contribution in [0, 0.1) is 23.7 Å². The number of aliphatic hydroxyl groups excluding tert-OH is 4. The zero-order chi connectivity index (χ0) is 37.3. The molecule has 2 fully saturated rings. The van der Waals surface area contributed by atoms with Crippen LogP contribution < -0.4 is 10.6 Å². The van der Waals surface area contributed by atoms with E-state index in [1.807, 2.05) is 32.9 Å². The van der Waals surface area contributed by atoms with Crippen molar-refractivity contribution in [2.24, 2.45) is 23.7 Å². The van der Waals surface area contributed by atoms with Crippen molar-refractivity contribution >= 4 is 11.8 Å². The quantitative estimate of drug-likeness (QED) is 0.0677. The van der Waals surface area contributed by atoms with E-state index in [1.54, 1.807) is 26.0 Å². The predicted molar refractivity (Wildman–Crippen MR) is 198 cm³/mol. The zero-order valence-corrected chi connectivity index (χ0v) is 32.0. The highest BCUT2D eigenvalue weighted by atomic mass is 16.7. The molecule has 2 heterocycles. The Morgan fingerprint density at radius 3 is 2.36 bits per heavy atom. The second-order valence-corrected chi connectivity index (χ2v) is 15.2. The van der Waals surface area contributed by atoms with E-state index in [9.17, 15) is 30.0 Å². The molecule has 0 aromatic rings. The molecule has 0 radical (unpaired) electrons. The van der Waals surface area contributed by atoms with E-state index in [2.05, 4.69) is 30.6 Å². The molecule has 0 saturated carbocycles. The van der Waals surface area contributed by atoms with Crippen LogP contribution in [0.25, 0.3) is 0 Å². The van der Waals surface area contributed by atoms with Crippen LogP contribution in [0.2, 0.25) is 0 Å². The fourth-order valence-corrected chi connectivity index (χ4v) is 6.76. The number of hydrogen-bond acceptors (Lipinski definition) is 8. The fraction of sp³-hybridized carbons (Fsp3) is 0.800. The Kier molecular flexibility index (Phi) is 20.1. The topological polar surface area (TPSA) is 158 Å². The van der Waals surface area contributed by atoms with Gasteiger partial charge in [-0.3, -0.25) is 9.59 Å². The van der Waals surface area contributed by atoms with Crippen LogP contribution in [0.15, 0.2) is 36.0 Å². The van der Waals surface area contributed by atoms with Crippen LogP contribution in [0.4, 0.5) is 0 Å². The van der Waals surface area contributed by atoms with Gasteiger partial charge in [-0.2, -0.15) is 0 Å². The number of carbonyl (C=O) groups excluding carboxylic acids is 2. The third-order valence-corrected chi connectivity index (χ3v) is 10.6. The Morgan fingerprint density at radius 2 is 1.66 bits per heavy atom. The highest BCUT2D eigenvalue weighted by Crippen LogP contribution is 2.43. The molecule has 11 atom stereocenters. The molecule has 2 amide bonds. The van der Waals surface area contributed by atoms with Gasteiger partial charge in [-0.15, -0.1) is 0 Å². The van der Waals surface area contributed by atoms with Crippen LogP contribution in [0.3, 0.4) is 0 Å². The second-order valence-electron chi connectivity index (χ2n) is 15.2. The van der Waals surface area contributed by atoms with Gasteiger partial charge < -0.3 is 40.5 Å². The minimum atomic E-state index is -1.06. The van der Waals surface area contributed by atoms with Crippen molar-refractivity contribution in [1.82, 2.24) is 10.6 Å². The van der Waals surface area contributed by atoms with Crippen molar-refractivity contribution in [3.63, 3.8) is 0 Å². The average Bonchev–Trinajstić information content (AvgIpc) is 3.07. The summed E-state index contributed by atoms with van der Waals surface area (Å²) in [5, 5.41) is 46.1. The highest BCUT2D eigenvalue weighted by molar-refractivity contribution is 5.79. The van der Waals surface area contributed by atoms with Gasteiger partial charge in [0.25, 0.3) is 0 Å². The van der Waals surface area contributed by atoms with Crippen molar-refractivity contribution in [2.45, 2.75) is 168 Å². The van der Waals surface area contributed by atoms with E-state index >= 15 is 0 Å². The first-order valence-electron chi connectivity index (χ1n) is 19.2. The molecule has 2 aliphatic rings. The predicted octanol–water partition coefficient (Wildman–Crippen LogP) is 5.48. The molecule has 1 spiro atoms. The van der Waals surface area contributed by atoms with E-state index in [0.717, 1.165) is 63.4 Å². The van der Waals surface area contributed by atoms with Gasteiger partial charge in [0.2, 0.25) is 11.8 Å². The number of ether oxygens (including phenoxy) is 2. The third kappa shape index (κ3) is 16.1. The largest absolute Gasteiger partial charge is 0.392 e. The van der Waals surface area contributed by atoms with Crippen molar-refractivity contribution in [3.8, 4) is 0 Å². The summed E-state index contributed by atoms with van der Waals surface area (Å²) in [7, 11) is 0. The molecule has 50 heavy (non-hydrogen) atoms. The summed E-state index contributed by atoms with van der Waals surface area (Å²) in [6.45, 7) is 13.9. The van der Waals surface area contributed by atoms with E-state index in [1.165, 1.54) is 0 Å². The monoisotopic (exact) mass is 707 g/mol. The van der Waals surface area contributed by atoms with Gasteiger partial charge >= 0.3 is 0 Å². The number of nitrogens with one attached hydrogen (secondary N) is 2. The molecule has 2 aliphatic heterocycles. The summed E-state index contributed by atoms with van der Waals surface area (Å²) in [6.07, 6.45) is 16.3. The van der Waals surface area contributed by atoms with Gasteiger partial charge in [0, 0.05) is 25.9 Å². The number of hydrogen-bond donors (Lipinski definition) is 6. The average molecular weight is 707 g/mol. The number of carbonyl (C=O) groups is 2. The van der Waals surface area contributed by atoms with Crippen LogP contribution in [0.1, 0.15) is 126 Å². The summed E-state index contributed by atoms with van der Waals surface area (Å²) < 4.78 is 13.4. The summed E-state index contributed by atoms with van der Waals surface area (Å²) in [6, 6.07) is 0. The Hall–Kier alpha value is -2.08. The molecule has 4 unspecified atom stereocenters. The molecule has 0 bridgehead atoms. The summed E-state index contributed by atoms with van der Waals surface area (Å²) in [4.78, 5) is 25.2. The lowest BCUT2D eigenvalue weighted by atomic mass is 9.85. The Balaban J connectivity index is 1.70. The van der Waals surface area contributed by atoms with E-state index in [-0.39, 0.29) is 42.9 Å². The molecule has 0 aliphatic carbocycles. The van der Waals surface area contributed by atoms with E-state index < -0.39 is 36.1 Å². The van der Waals surface area contributed by atoms with Crippen molar-refractivity contribution in [1.29, 1.82) is 0 Å². The first kappa shape index (κ1) is 44.1. The molecule has 2 rings (SSSR count). The molecule has 10 nitrogen and oxygen atoms in total. The lowest BCUT2D eigenvalue weighted by molar-refractivity contribution is -0.324. The van der Waals surface area contributed by atoms with Gasteiger partial charge in [-0.1, -0.05) is 58.1 Å². The van der Waals surface area contributed by atoms with Crippen LogP contribution in [-0.4, -0.2) is 87.7 Å². The molecular weight excluding hydrogens is 636 g/mol. The minimum absolute atomic E-state index is 0.0541. The molecule has 6 N–H and O–H groups in total. The second kappa shape index (κ2) is 22.8. The Morgan fingerprint density at radius 1 is 0.940 bits per heavy atom. The minimum Gasteiger partial charge on any atom is -0.392 e. The number of allylic oxidation sites excluding steroid dienone is 3. The zero-order valence-electron chi connectivity index (χ0n) is 32.0. The number of amides is 2. The van der Waals surface area contributed by atoms with Crippen LogP contribution >= 0.6 is 0 Å². The third-order valence-electron chi connectivity index (χ3n) is 10.6. The smallest absolute Gasteiger partial charge is 0.225 e. The Labute approximate surface area is 302 Å². The molecule has 0 aromatic heterocycles. The molecule has 0 aromatic carbocycles. The summed E-state index contributed by atoms with van der Waals surface area (Å²) in [5.74, 6) is -1.26.